The van der Waals surface area contributed by atoms with Gasteiger partial charge in [0.1, 0.15) is 6.54 Å². The largest absolute Gasteiger partial charge is 0.370 e. The Kier molecular flexibility index (Phi) is 5.41. The zero-order chi connectivity index (χ0) is 17.7. The van der Waals surface area contributed by atoms with Crippen LogP contribution in [0.15, 0.2) is 41.4 Å². The summed E-state index contributed by atoms with van der Waals surface area (Å²) in [6.07, 6.45) is 0. The van der Waals surface area contributed by atoms with Crippen molar-refractivity contribution in [2.45, 2.75) is 6.92 Å². The van der Waals surface area contributed by atoms with Gasteiger partial charge in [0, 0.05) is 5.69 Å². The second-order valence-electron chi connectivity index (χ2n) is 4.97. The molecule has 0 aliphatic rings. The third-order valence-corrected chi connectivity index (χ3v) is 2.99. The van der Waals surface area contributed by atoms with E-state index in [1.165, 1.54) is 0 Å². The number of hydrogen-bond donors (Lipinski definition) is 3. The molecule has 2 aromatic carbocycles. The van der Waals surface area contributed by atoms with Gasteiger partial charge < -0.3 is 16.4 Å². The molecule has 0 saturated heterocycles. The molecule has 8 heteroatoms. The van der Waals surface area contributed by atoms with Crippen LogP contribution in [0.5, 0.6) is 0 Å². The highest BCUT2D eigenvalue weighted by molar-refractivity contribution is 5.97. The van der Waals surface area contributed by atoms with Gasteiger partial charge in [-0.1, -0.05) is 12.1 Å². The molecule has 0 bridgehead atoms. The first kappa shape index (κ1) is 17.3. The maximum atomic E-state index is 13.4. The van der Waals surface area contributed by atoms with Gasteiger partial charge in [0.2, 0.25) is 5.91 Å². The van der Waals surface area contributed by atoms with Crippen LogP contribution in [0.2, 0.25) is 0 Å². The molecule has 0 radical (unpaired) electrons. The average molecular weight is 336 g/mol. The number of benzene rings is 2. The molecule has 5 nitrogen and oxygen atoms in total. The van der Waals surface area contributed by atoms with E-state index in [4.69, 9.17) is 5.73 Å². The number of nitrogens with zero attached hydrogens (tertiary/aromatic N) is 1. The third-order valence-electron chi connectivity index (χ3n) is 2.99. The lowest BCUT2D eigenvalue weighted by Crippen LogP contribution is -2.25. The number of rotatable bonds is 4. The molecule has 0 aromatic heterocycles. The van der Waals surface area contributed by atoms with Crippen LogP contribution in [-0.2, 0) is 4.79 Å². The first-order valence-corrected chi connectivity index (χ1v) is 6.94. The molecule has 0 spiro atoms. The number of aryl methyl sites for hydroxylation is 1. The molecule has 0 fully saturated rings. The van der Waals surface area contributed by atoms with Crippen LogP contribution in [0.4, 0.5) is 24.5 Å². The Hall–Kier alpha value is -3.03. The van der Waals surface area contributed by atoms with E-state index in [0.717, 1.165) is 11.6 Å². The summed E-state index contributed by atoms with van der Waals surface area (Å²) in [4.78, 5) is 15.5. The summed E-state index contributed by atoms with van der Waals surface area (Å²) in [5.74, 6) is -5.21. The van der Waals surface area contributed by atoms with Crippen molar-refractivity contribution in [3.05, 3.63) is 59.4 Å². The third kappa shape index (κ3) is 4.48. The SMILES string of the molecule is Cc1cccc(NC(N)=NCC(=O)Nc2ccc(F)c(F)c2F)c1. The minimum Gasteiger partial charge on any atom is -0.370 e. The van der Waals surface area contributed by atoms with Crippen molar-refractivity contribution in [2.24, 2.45) is 10.7 Å². The molecule has 2 aromatic rings. The number of aliphatic imine (C=N–C) groups is 1. The van der Waals surface area contributed by atoms with Crippen LogP contribution in [0.25, 0.3) is 0 Å². The average Bonchev–Trinajstić information content (AvgIpc) is 2.53. The Labute approximate surface area is 136 Å². The molecule has 24 heavy (non-hydrogen) atoms. The molecule has 126 valence electrons. The van der Waals surface area contributed by atoms with E-state index in [2.05, 4.69) is 15.6 Å². The van der Waals surface area contributed by atoms with Crippen molar-refractivity contribution in [3.63, 3.8) is 0 Å². The van der Waals surface area contributed by atoms with Crippen LogP contribution in [-0.4, -0.2) is 18.4 Å². The molecule has 2 rings (SSSR count). The number of halogens is 3. The predicted octanol–water partition coefficient (Wildman–Crippen LogP) is 2.78. The van der Waals surface area contributed by atoms with Crippen LogP contribution in [0, 0.1) is 24.4 Å². The van der Waals surface area contributed by atoms with E-state index in [1.54, 1.807) is 6.07 Å². The predicted molar refractivity (Wildman–Crippen MR) is 86.2 cm³/mol. The van der Waals surface area contributed by atoms with Crippen molar-refractivity contribution < 1.29 is 18.0 Å². The van der Waals surface area contributed by atoms with Gasteiger partial charge in [-0.25, -0.2) is 18.2 Å². The van der Waals surface area contributed by atoms with Gasteiger partial charge in [0.15, 0.2) is 23.4 Å². The summed E-state index contributed by atoms with van der Waals surface area (Å²) in [6.45, 7) is 1.49. The number of hydrogen-bond acceptors (Lipinski definition) is 2. The quantitative estimate of drug-likeness (QED) is 0.456. The Morgan fingerprint density at radius 2 is 1.88 bits per heavy atom. The highest BCUT2D eigenvalue weighted by Crippen LogP contribution is 2.19. The fraction of sp³-hybridized carbons (Fsp3) is 0.125. The normalized spacial score (nSPS) is 11.2. The van der Waals surface area contributed by atoms with E-state index >= 15 is 0 Å². The second-order valence-corrected chi connectivity index (χ2v) is 4.97. The van der Waals surface area contributed by atoms with E-state index in [0.29, 0.717) is 11.8 Å². The first-order chi connectivity index (χ1) is 11.4. The van der Waals surface area contributed by atoms with E-state index in [1.807, 2.05) is 25.1 Å². The van der Waals surface area contributed by atoms with Crippen LogP contribution < -0.4 is 16.4 Å². The van der Waals surface area contributed by atoms with Gasteiger partial charge in [-0.05, 0) is 36.8 Å². The van der Waals surface area contributed by atoms with Crippen LogP contribution >= 0.6 is 0 Å². The molecule has 4 N–H and O–H groups in total. The number of carbonyl (C=O) groups is 1. The minimum absolute atomic E-state index is 0.0125. The summed E-state index contributed by atoms with van der Waals surface area (Å²) in [5.41, 5.74) is 6.88. The molecular formula is C16H15F3N4O. The zero-order valence-corrected chi connectivity index (χ0v) is 12.7. The van der Waals surface area contributed by atoms with Crippen molar-refractivity contribution in [2.75, 3.05) is 17.2 Å². The molecule has 0 unspecified atom stereocenters. The summed E-state index contributed by atoms with van der Waals surface area (Å²) >= 11 is 0. The standard InChI is InChI=1S/C16H15F3N4O/c1-9-3-2-4-10(7-9)22-16(20)21-8-13(24)23-12-6-5-11(17)14(18)15(12)19/h2-7H,8H2,1H3,(H,23,24)(H3,20,21,22). The second kappa shape index (κ2) is 7.49. The number of carbonyl (C=O) groups excluding carboxylic acids is 1. The Balaban J connectivity index is 1.96. The van der Waals surface area contributed by atoms with Gasteiger partial charge >= 0.3 is 0 Å². The fourth-order valence-corrected chi connectivity index (χ4v) is 1.88. The number of anilines is 2. The first-order valence-electron chi connectivity index (χ1n) is 6.94. The van der Waals surface area contributed by atoms with Gasteiger partial charge in [0.25, 0.3) is 0 Å². The molecule has 0 aliphatic heterocycles. The lowest BCUT2D eigenvalue weighted by atomic mass is 10.2. The van der Waals surface area contributed by atoms with Crippen LogP contribution in [0.3, 0.4) is 0 Å². The minimum atomic E-state index is -1.66. The van der Waals surface area contributed by atoms with Crippen molar-refractivity contribution >= 4 is 23.2 Å². The highest BCUT2D eigenvalue weighted by atomic mass is 19.2. The number of nitrogens with two attached hydrogens (primary N) is 1. The zero-order valence-electron chi connectivity index (χ0n) is 12.7. The Bertz CT molecular complexity index is 793. The highest BCUT2D eigenvalue weighted by Gasteiger charge is 2.14. The Morgan fingerprint density at radius 1 is 1.12 bits per heavy atom. The lowest BCUT2D eigenvalue weighted by molar-refractivity contribution is -0.114. The van der Waals surface area contributed by atoms with Crippen molar-refractivity contribution in [3.8, 4) is 0 Å². The maximum absolute atomic E-state index is 13.4. The van der Waals surface area contributed by atoms with Gasteiger partial charge in [-0.2, -0.15) is 0 Å². The monoisotopic (exact) mass is 336 g/mol. The number of amides is 1. The van der Waals surface area contributed by atoms with Gasteiger partial charge in [-0.15, -0.1) is 0 Å². The summed E-state index contributed by atoms with van der Waals surface area (Å²) in [5, 5.41) is 4.89. The van der Waals surface area contributed by atoms with Gasteiger partial charge in [-0.3, -0.25) is 4.79 Å². The topological polar surface area (TPSA) is 79.5 Å². The maximum Gasteiger partial charge on any atom is 0.246 e. The molecule has 0 aliphatic carbocycles. The van der Waals surface area contributed by atoms with E-state index in [-0.39, 0.29) is 5.96 Å². The fourth-order valence-electron chi connectivity index (χ4n) is 1.88. The summed E-state index contributed by atoms with van der Waals surface area (Å²) in [6, 6.07) is 8.96. The van der Waals surface area contributed by atoms with Crippen molar-refractivity contribution in [1.82, 2.24) is 0 Å². The smallest absolute Gasteiger partial charge is 0.246 e. The van der Waals surface area contributed by atoms with E-state index < -0.39 is 35.6 Å². The molecule has 1 amide bonds. The number of nitrogens with one attached hydrogen (secondary N) is 2. The molecule has 0 atom stereocenters. The van der Waals surface area contributed by atoms with Crippen LogP contribution in [0.1, 0.15) is 5.56 Å². The molecule has 0 saturated carbocycles. The lowest BCUT2D eigenvalue weighted by Gasteiger charge is -2.08. The Morgan fingerprint density at radius 3 is 2.58 bits per heavy atom. The number of guanidine groups is 1. The summed E-state index contributed by atoms with van der Waals surface area (Å²) in [7, 11) is 0. The molecule has 0 heterocycles. The summed E-state index contributed by atoms with van der Waals surface area (Å²) < 4.78 is 39.3. The van der Waals surface area contributed by atoms with Gasteiger partial charge in [0.05, 0.1) is 5.69 Å². The molecular weight excluding hydrogens is 321 g/mol. The van der Waals surface area contributed by atoms with Crippen molar-refractivity contribution in [1.29, 1.82) is 0 Å². The van der Waals surface area contributed by atoms with E-state index in [9.17, 15) is 18.0 Å².